The number of aromatic nitrogens is 5. The molecule has 0 saturated heterocycles. The van der Waals surface area contributed by atoms with Crippen molar-refractivity contribution in [3.8, 4) is 5.69 Å². The summed E-state index contributed by atoms with van der Waals surface area (Å²) >= 11 is 0. The third-order valence-electron chi connectivity index (χ3n) is 4.49. The number of anilines is 4. The van der Waals surface area contributed by atoms with Crippen molar-refractivity contribution >= 4 is 33.2 Å². The fourth-order valence-corrected chi connectivity index (χ4v) is 4.08. The molecule has 2 aromatic heterocycles. The lowest BCUT2D eigenvalue weighted by Gasteiger charge is -2.13. The van der Waals surface area contributed by atoms with E-state index in [-0.39, 0.29) is 4.90 Å². The van der Waals surface area contributed by atoms with Crippen LogP contribution in [0, 0.1) is 6.92 Å². The Kier molecular flexibility index (Phi) is 6.05. The van der Waals surface area contributed by atoms with Gasteiger partial charge in [-0.25, -0.2) is 23.1 Å². The summed E-state index contributed by atoms with van der Waals surface area (Å²) in [6, 6.07) is 14.0. The third kappa shape index (κ3) is 5.33. The monoisotopic (exact) mass is 462 g/mol. The van der Waals surface area contributed by atoms with Crippen LogP contribution in [0.2, 0.25) is 0 Å². The van der Waals surface area contributed by atoms with Gasteiger partial charge in [-0.1, -0.05) is 12.6 Å². The summed E-state index contributed by atoms with van der Waals surface area (Å²) in [6.45, 7) is 7.04. The molecule has 0 unspecified atom stereocenters. The molecule has 0 fully saturated rings. The molecule has 0 aliphatic rings. The van der Waals surface area contributed by atoms with Crippen LogP contribution in [-0.2, 0) is 10.0 Å². The van der Waals surface area contributed by atoms with Crippen LogP contribution in [0.5, 0.6) is 0 Å². The van der Waals surface area contributed by atoms with Crippen LogP contribution in [0.15, 0.2) is 84.6 Å². The molecule has 4 aromatic rings. The van der Waals surface area contributed by atoms with Crippen molar-refractivity contribution in [2.45, 2.75) is 18.7 Å². The second-order valence-electron chi connectivity index (χ2n) is 7.28. The van der Waals surface area contributed by atoms with E-state index in [1.165, 1.54) is 18.5 Å². The minimum atomic E-state index is -3.70. The second-order valence-corrected chi connectivity index (χ2v) is 8.96. The lowest BCUT2D eigenvalue weighted by atomic mass is 10.3. The normalized spacial score (nSPS) is 11.1. The summed E-state index contributed by atoms with van der Waals surface area (Å²) in [5, 5.41) is 10.4. The fraction of sp³-hybridized carbons (Fsp3) is 0.0909. The van der Waals surface area contributed by atoms with Crippen molar-refractivity contribution in [3.05, 3.63) is 85.2 Å². The SMILES string of the molecule is C=C(C)NS(=O)(=O)c1cccc(Nc2nc(Nc3ccc(-n4cncn4)cc3)ncc2C)c1. The van der Waals surface area contributed by atoms with Crippen LogP contribution in [0.3, 0.4) is 0 Å². The predicted octanol–water partition coefficient (Wildman–Crippen LogP) is 3.66. The number of hydrogen-bond acceptors (Lipinski definition) is 8. The Morgan fingerprint density at radius 3 is 2.55 bits per heavy atom. The van der Waals surface area contributed by atoms with Gasteiger partial charge in [-0.05, 0) is 56.3 Å². The summed E-state index contributed by atoms with van der Waals surface area (Å²) in [5.41, 5.74) is 3.39. The van der Waals surface area contributed by atoms with Gasteiger partial charge in [0.25, 0.3) is 10.0 Å². The first-order valence-electron chi connectivity index (χ1n) is 9.91. The zero-order valence-electron chi connectivity index (χ0n) is 18.0. The first-order chi connectivity index (χ1) is 15.8. The van der Waals surface area contributed by atoms with Crippen molar-refractivity contribution in [1.82, 2.24) is 29.5 Å². The number of sulfonamides is 1. The molecule has 0 aliphatic carbocycles. The zero-order valence-corrected chi connectivity index (χ0v) is 18.8. The predicted molar refractivity (Wildman–Crippen MR) is 126 cm³/mol. The average Bonchev–Trinajstić information content (AvgIpc) is 3.31. The lowest BCUT2D eigenvalue weighted by molar-refractivity contribution is 0.589. The minimum absolute atomic E-state index is 0.119. The van der Waals surface area contributed by atoms with E-state index in [2.05, 4.69) is 42.0 Å². The van der Waals surface area contributed by atoms with E-state index in [0.29, 0.717) is 23.2 Å². The number of benzene rings is 2. The molecule has 4 rings (SSSR count). The first-order valence-corrected chi connectivity index (χ1v) is 11.4. The topological polar surface area (TPSA) is 127 Å². The van der Waals surface area contributed by atoms with Crippen LogP contribution < -0.4 is 15.4 Å². The molecule has 0 aliphatic heterocycles. The maximum absolute atomic E-state index is 12.4. The number of nitrogens with zero attached hydrogens (tertiary/aromatic N) is 5. The van der Waals surface area contributed by atoms with Crippen LogP contribution in [0.1, 0.15) is 12.5 Å². The minimum Gasteiger partial charge on any atom is -0.340 e. The quantitative estimate of drug-likeness (QED) is 0.362. The van der Waals surface area contributed by atoms with Gasteiger partial charge in [0.15, 0.2) is 0 Å². The van der Waals surface area contributed by atoms with Gasteiger partial charge in [0, 0.05) is 28.8 Å². The van der Waals surface area contributed by atoms with Gasteiger partial charge in [0.2, 0.25) is 5.95 Å². The molecule has 0 radical (unpaired) electrons. The second kappa shape index (κ2) is 9.09. The molecule has 2 heterocycles. The maximum atomic E-state index is 12.4. The Balaban J connectivity index is 1.52. The number of aryl methyl sites for hydroxylation is 1. The highest BCUT2D eigenvalue weighted by Gasteiger charge is 2.14. The van der Waals surface area contributed by atoms with Gasteiger partial charge in [-0.15, -0.1) is 0 Å². The van der Waals surface area contributed by atoms with Crippen molar-refractivity contribution in [2.75, 3.05) is 10.6 Å². The van der Waals surface area contributed by atoms with E-state index < -0.39 is 10.0 Å². The highest BCUT2D eigenvalue weighted by atomic mass is 32.2. The Morgan fingerprint density at radius 1 is 1.06 bits per heavy atom. The molecule has 0 bridgehead atoms. The summed E-state index contributed by atoms with van der Waals surface area (Å²) in [7, 11) is -3.70. The molecule has 0 spiro atoms. The summed E-state index contributed by atoms with van der Waals surface area (Å²) in [6.07, 6.45) is 4.78. The Morgan fingerprint density at radius 2 is 1.85 bits per heavy atom. The average molecular weight is 463 g/mol. The zero-order chi connectivity index (χ0) is 23.4. The van der Waals surface area contributed by atoms with Crippen molar-refractivity contribution in [2.24, 2.45) is 0 Å². The van der Waals surface area contributed by atoms with Gasteiger partial charge in [-0.3, -0.25) is 4.72 Å². The molecule has 0 saturated carbocycles. The molecule has 168 valence electrons. The van der Waals surface area contributed by atoms with E-state index in [0.717, 1.165) is 16.9 Å². The van der Waals surface area contributed by atoms with E-state index in [1.54, 1.807) is 36.3 Å². The van der Waals surface area contributed by atoms with Crippen LogP contribution in [-0.4, -0.2) is 33.2 Å². The van der Waals surface area contributed by atoms with Gasteiger partial charge in [0.1, 0.15) is 18.5 Å². The Bertz CT molecular complexity index is 1380. The molecule has 0 amide bonds. The fourth-order valence-electron chi connectivity index (χ4n) is 2.96. The smallest absolute Gasteiger partial charge is 0.261 e. The molecule has 11 heteroatoms. The molecule has 10 nitrogen and oxygen atoms in total. The molecule has 3 N–H and O–H groups in total. The van der Waals surface area contributed by atoms with E-state index in [4.69, 9.17) is 0 Å². The van der Waals surface area contributed by atoms with E-state index in [1.807, 2.05) is 31.2 Å². The van der Waals surface area contributed by atoms with Crippen LogP contribution >= 0.6 is 0 Å². The summed E-state index contributed by atoms with van der Waals surface area (Å²) < 4.78 is 28.9. The van der Waals surface area contributed by atoms with Crippen LogP contribution in [0.4, 0.5) is 23.1 Å². The highest BCUT2D eigenvalue weighted by molar-refractivity contribution is 7.89. The largest absolute Gasteiger partial charge is 0.340 e. The van der Waals surface area contributed by atoms with E-state index in [9.17, 15) is 8.42 Å². The van der Waals surface area contributed by atoms with Crippen molar-refractivity contribution in [1.29, 1.82) is 0 Å². The number of hydrogen-bond donors (Lipinski definition) is 3. The van der Waals surface area contributed by atoms with Crippen molar-refractivity contribution < 1.29 is 8.42 Å². The summed E-state index contributed by atoms with van der Waals surface area (Å²) in [4.78, 5) is 12.9. The van der Waals surface area contributed by atoms with Gasteiger partial charge in [0.05, 0.1) is 10.6 Å². The van der Waals surface area contributed by atoms with Crippen LogP contribution in [0.25, 0.3) is 5.69 Å². The first kappa shape index (κ1) is 22.0. The Labute approximate surface area is 191 Å². The molecule has 33 heavy (non-hydrogen) atoms. The van der Waals surface area contributed by atoms with Gasteiger partial charge in [-0.2, -0.15) is 10.1 Å². The molecular weight excluding hydrogens is 440 g/mol. The standard InChI is InChI=1S/C22H22N8O2S/c1-15(2)29-33(31,32)20-6-4-5-18(11-20)26-21-16(3)12-24-22(28-21)27-17-7-9-19(10-8-17)30-14-23-13-25-30/h4-14,29H,1H2,2-3H3,(H2,24,26,27,28). The molecule has 2 aromatic carbocycles. The van der Waals surface area contributed by atoms with Gasteiger partial charge < -0.3 is 10.6 Å². The number of allylic oxidation sites excluding steroid dienone is 1. The third-order valence-corrected chi connectivity index (χ3v) is 5.99. The highest BCUT2D eigenvalue weighted by Crippen LogP contribution is 2.23. The number of rotatable bonds is 8. The number of nitrogens with one attached hydrogen (secondary N) is 3. The Hall–Kier alpha value is -4.25. The lowest BCUT2D eigenvalue weighted by Crippen LogP contribution is -2.21. The van der Waals surface area contributed by atoms with Gasteiger partial charge >= 0.3 is 0 Å². The molecule has 0 atom stereocenters. The molecular formula is C22H22N8O2S. The maximum Gasteiger partial charge on any atom is 0.261 e. The summed E-state index contributed by atoms with van der Waals surface area (Å²) in [5.74, 6) is 0.943. The van der Waals surface area contributed by atoms with Crippen molar-refractivity contribution in [3.63, 3.8) is 0 Å². The van der Waals surface area contributed by atoms with E-state index >= 15 is 0 Å².